The number of carbonyl (C=O) groups excluding carboxylic acids is 1. The van der Waals surface area contributed by atoms with Crippen molar-refractivity contribution in [3.05, 3.63) is 24.3 Å². The largest absolute Gasteiger partial charge is 0.357 e. The van der Waals surface area contributed by atoms with Crippen molar-refractivity contribution in [1.82, 2.24) is 10.2 Å². The van der Waals surface area contributed by atoms with Crippen molar-refractivity contribution >= 4 is 49.8 Å². The fourth-order valence-corrected chi connectivity index (χ4v) is 4.38. The molecule has 134 valence electrons. The smallest absolute Gasteiger partial charge is 0.238 e. The van der Waals surface area contributed by atoms with E-state index in [-0.39, 0.29) is 16.1 Å². The molecule has 8 nitrogen and oxygen atoms in total. The van der Waals surface area contributed by atoms with E-state index in [9.17, 15) is 13.2 Å². The first-order valence-corrected chi connectivity index (χ1v) is 10.8. The number of nitrogens with zero attached hydrogens (tertiary/aromatic N) is 2. The molecule has 1 atom stereocenters. The number of nitrogens with two attached hydrogens (primary N) is 1. The molecule has 0 unspecified atom stereocenters. The lowest BCUT2D eigenvalue weighted by Gasteiger charge is -2.10. The second kappa shape index (κ2) is 7.28. The number of primary sulfonamides is 1. The van der Waals surface area contributed by atoms with Crippen molar-refractivity contribution in [2.45, 2.75) is 40.3 Å². The van der Waals surface area contributed by atoms with Gasteiger partial charge in [-0.3, -0.25) is 4.79 Å². The van der Waals surface area contributed by atoms with Gasteiger partial charge in [-0.1, -0.05) is 23.1 Å². The van der Waals surface area contributed by atoms with E-state index in [1.165, 1.54) is 47.4 Å². The number of carbonyl (C=O) groups is 1. The molecule has 1 saturated carbocycles. The Morgan fingerprint density at radius 2 is 2.00 bits per heavy atom. The first kappa shape index (κ1) is 18.1. The van der Waals surface area contributed by atoms with Crippen molar-refractivity contribution < 1.29 is 13.2 Å². The monoisotopic (exact) mass is 399 g/mol. The van der Waals surface area contributed by atoms with Crippen LogP contribution < -0.4 is 15.8 Å². The summed E-state index contributed by atoms with van der Waals surface area (Å²) in [4.78, 5) is 12.3. The van der Waals surface area contributed by atoms with Crippen molar-refractivity contribution in [3.8, 4) is 0 Å². The summed E-state index contributed by atoms with van der Waals surface area (Å²) in [5.41, 5.74) is 0.498. The Hall–Kier alpha value is -1.69. The van der Waals surface area contributed by atoms with Gasteiger partial charge in [0, 0.05) is 11.7 Å². The molecular formula is C14H17N5O3S3. The summed E-state index contributed by atoms with van der Waals surface area (Å²) in [5.74, 6) is -0.208. The minimum absolute atomic E-state index is 0.00234. The lowest BCUT2D eigenvalue weighted by Crippen LogP contribution is -2.22. The zero-order valence-electron chi connectivity index (χ0n) is 13.3. The molecule has 1 aliphatic rings. The highest BCUT2D eigenvalue weighted by Crippen LogP contribution is 2.32. The summed E-state index contributed by atoms with van der Waals surface area (Å²) in [6.07, 6.45) is 2.32. The van der Waals surface area contributed by atoms with Gasteiger partial charge in [0.2, 0.25) is 21.1 Å². The van der Waals surface area contributed by atoms with Gasteiger partial charge in [0.1, 0.15) is 0 Å². The molecule has 3 rings (SSSR count). The molecule has 1 heterocycles. The van der Waals surface area contributed by atoms with E-state index >= 15 is 0 Å². The van der Waals surface area contributed by atoms with Gasteiger partial charge < -0.3 is 10.6 Å². The van der Waals surface area contributed by atoms with Crippen LogP contribution >= 0.6 is 23.1 Å². The van der Waals surface area contributed by atoms with Gasteiger partial charge in [0.15, 0.2) is 4.34 Å². The third-order valence-electron chi connectivity index (χ3n) is 3.41. The van der Waals surface area contributed by atoms with Crippen LogP contribution in [0.4, 0.5) is 10.8 Å². The van der Waals surface area contributed by atoms with Gasteiger partial charge in [-0.2, -0.15) is 0 Å². The van der Waals surface area contributed by atoms with E-state index in [0.29, 0.717) is 11.7 Å². The Morgan fingerprint density at radius 3 is 2.60 bits per heavy atom. The SMILES string of the molecule is C[C@H](Sc1nnc(NC2CC2)s1)C(=O)Nc1ccc(S(N)(=O)=O)cc1. The molecule has 4 N–H and O–H groups in total. The van der Waals surface area contributed by atoms with Gasteiger partial charge in [-0.05, 0) is 44.0 Å². The van der Waals surface area contributed by atoms with E-state index < -0.39 is 10.0 Å². The Kier molecular flexibility index (Phi) is 5.27. The minimum atomic E-state index is -3.74. The molecule has 0 aliphatic heterocycles. The number of anilines is 2. The molecule has 25 heavy (non-hydrogen) atoms. The molecule has 2 aromatic rings. The predicted octanol–water partition coefficient (Wildman–Crippen LogP) is 1.88. The number of benzene rings is 1. The number of sulfonamides is 1. The molecule has 1 aromatic heterocycles. The van der Waals surface area contributed by atoms with E-state index in [2.05, 4.69) is 20.8 Å². The van der Waals surface area contributed by atoms with Gasteiger partial charge >= 0.3 is 0 Å². The molecule has 11 heteroatoms. The first-order valence-electron chi connectivity index (χ1n) is 7.52. The number of aromatic nitrogens is 2. The van der Waals surface area contributed by atoms with Crippen LogP contribution in [0.3, 0.4) is 0 Å². The molecular weight excluding hydrogens is 382 g/mol. The number of amides is 1. The molecule has 0 radical (unpaired) electrons. The molecule has 0 bridgehead atoms. The molecule has 0 saturated heterocycles. The Bertz CT molecular complexity index is 862. The van der Waals surface area contributed by atoms with Crippen LogP contribution in [-0.4, -0.2) is 35.8 Å². The summed E-state index contributed by atoms with van der Waals surface area (Å²) in [7, 11) is -3.74. The van der Waals surface area contributed by atoms with Crippen LogP contribution in [0.15, 0.2) is 33.5 Å². The predicted molar refractivity (Wildman–Crippen MR) is 98.3 cm³/mol. The maximum absolute atomic E-state index is 12.3. The first-order chi connectivity index (χ1) is 11.8. The average Bonchev–Trinajstić information content (AvgIpc) is 3.25. The van der Waals surface area contributed by atoms with Crippen LogP contribution in [-0.2, 0) is 14.8 Å². The average molecular weight is 400 g/mol. The third-order valence-corrected chi connectivity index (χ3v) is 6.38. The second-order valence-electron chi connectivity index (χ2n) is 5.61. The number of thioether (sulfide) groups is 1. The summed E-state index contributed by atoms with van der Waals surface area (Å²) in [6, 6.07) is 6.20. The van der Waals surface area contributed by atoms with Crippen molar-refractivity contribution in [1.29, 1.82) is 0 Å². The molecule has 1 fully saturated rings. The zero-order chi connectivity index (χ0) is 18.0. The fourth-order valence-electron chi connectivity index (χ4n) is 1.89. The van der Waals surface area contributed by atoms with Crippen LogP contribution in [0.25, 0.3) is 0 Å². The molecule has 1 aliphatic carbocycles. The highest BCUT2D eigenvalue weighted by atomic mass is 32.2. The Balaban J connectivity index is 1.55. The maximum atomic E-state index is 12.3. The number of hydrogen-bond donors (Lipinski definition) is 3. The highest BCUT2D eigenvalue weighted by molar-refractivity contribution is 8.02. The summed E-state index contributed by atoms with van der Waals surface area (Å²) < 4.78 is 23.2. The van der Waals surface area contributed by atoms with Gasteiger partial charge in [0.25, 0.3) is 0 Å². The van der Waals surface area contributed by atoms with Crippen molar-refractivity contribution in [2.75, 3.05) is 10.6 Å². The second-order valence-corrected chi connectivity index (χ2v) is 9.74. The topological polar surface area (TPSA) is 127 Å². The molecule has 1 amide bonds. The van der Waals surface area contributed by atoms with Crippen molar-refractivity contribution in [2.24, 2.45) is 5.14 Å². The van der Waals surface area contributed by atoms with Gasteiger partial charge in [0.05, 0.1) is 10.1 Å². The summed E-state index contributed by atoms with van der Waals surface area (Å²) in [6.45, 7) is 1.77. The molecule has 0 spiro atoms. The quantitative estimate of drug-likeness (QED) is 0.607. The lowest BCUT2D eigenvalue weighted by molar-refractivity contribution is -0.115. The zero-order valence-corrected chi connectivity index (χ0v) is 15.7. The summed E-state index contributed by atoms with van der Waals surface area (Å²) in [5, 5.41) is 19.6. The summed E-state index contributed by atoms with van der Waals surface area (Å²) >= 11 is 2.75. The normalized spacial score (nSPS) is 15.6. The number of nitrogens with one attached hydrogen (secondary N) is 2. The van der Waals surface area contributed by atoms with Crippen LogP contribution in [0, 0.1) is 0 Å². The van der Waals surface area contributed by atoms with E-state index in [1.54, 1.807) is 6.92 Å². The number of rotatable bonds is 7. The van der Waals surface area contributed by atoms with Crippen LogP contribution in [0.2, 0.25) is 0 Å². The molecule has 1 aromatic carbocycles. The van der Waals surface area contributed by atoms with Crippen LogP contribution in [0.1, 0.15) is 19.8 Å². The Labute approximate surface area is 153 Å². The van der Waals surface area contributed by atoms with E-state index in [0.717, 1.165) is 22.3 Å². The standard InChI is InChI=1S/C14H17N5O3S3/c1-8(23-14-19-18-13(24-14)17-10-2-3-10)12(20)16-9-4-6-11(7-5-9)25(15,21)22/h4-8,10H,2-3H2,1H3,(H,16,20)(H,17,18)(H2,15,21,22)/t8-/m0/s1. The number of hydrogen-bond acceptors (Lipinski definition) is 8. The minimum Gasteiger partial charge on any atom is -0.357 e. The van der Waals surface area contributed by atoms with Crippen molar-refractivity contribution in [3.63, 3.8) is 0 Å². The maximum Gasteiger partial charge on any atom is 0.238 e. The third kappa shape index (κ3) is 5.14. The van der Waals surface area contributed by atoms with E-state index in [1.807, 2.05) is 0 Å². The Morgan fingerprint density at radius 1 is 1.32 bits per heavy atom. The fraction of sp³-hybridized carbons (Fsp3) is 0.357. The van der Waals surface area contributed by atoms with Crippen LogP contribution in [0.5, 0.6) is 0 Å². The van der Waals surface area contributed by atoms with E-state index in [4.69, 9.17) is 5.14 Å². The lowest BCUT2D eigenvalue weighted by atomic mass is 10.3. The van der Waals surface area contributed by atoms with Gasteiger partial charge in [-0.25, -0.2) is 13.6 Å². The highest BCUT2D eigenvalue weighted by Gasteiger charge is 2.23. The van der Waals surface area contributed by atoms with Gasteiger partial charge in [-0.15, -0.1) is 10.2 Å².